The van der Waals surface area contributed by atoms with Gasteiger partial charge in [-0.3, -0.25) is 0 Å². The quantitative estimate of drug-likeness (QED) is 0.755. The van der Waals surface area contributed by atoms with Crippen LogP contribution in [0.3, 0.4) is 0 Å². The van der Waals surface area contributed by atoms with Crippen LogP contribution in [0, 0.1) is 12.8 Å². The number of benzene rings is 1. The molecule has 1 aromatic carbocycles. The highest BCUT2D eigenvalue weighted by molar-refractivity contribution is 5.92. The molecule has 0 saturated heterocycles. The lowest BCUT2D eigenvalue weighted by molar-refractivity contribution is 0.0425. The topological polar surface area (TPSA) is 46.5 Å². The monoisotopic (exact) mass is 264 g/mol. The number of esters is 1. The number of ether oxygens (including phenoxy) is 1. The van der Waals surface area contributed by atoms with E-state index in [1.54, 1.807) is 18.2 Å². The molecule has 3 nitrogen and oxygen atoms in total. The molecule has 0 aliphatic carbocycles. The number of phenolic OH excluding ortho intramolecular Hbond substituents is 1. The van der Waals surface area contributed by atoms with Crippen molar-refractivity contribution in [2.45, 2.75) is 46.5 Å². The molecule has 3 heteroatoms. The summed E-state index contributed by atoms with van der Waals surface area (Å²) in [4.78, 5) is 11.9. The van der Waals surface area contributed by atoms with Crippen molar-refractivity contribution in [1.82, 2.24) is 0 Å². The van der Waals surface area contributed by atoms with Crippen molar-refractivity contribution in [1.29, 1.82) is 0 Å². The van der Waals surface area contributed by atoms with Gasteiger partial charge in [0.1, 0.15) is 11.3 Å². The zero-order valence-electron chi connectivity index (χ0n) is 12.1. The molecule has 1 aromatic rings. The minimum atomic E-state index is -0.438. The predicted octanol–water partition coefficient (Wildman–Crippen LogP) is 4.07. The first-order chi connectivity index (χ1) is 9.08. The molecular weight excluding hydrogens is 240 g/mol. The maximum absolute atomic E-state index is 11.9. The third-order valence-corrected chi connectivity index (χ3v) is 3.37. The Morgan fingerprint density at radius 1 is 1.37 bits per heavy atom. The highest BCUT2D eigenvalue weighted by Crippen LogP contribution is 2.20. The van der Waals surface area contributed by atoms with E-state index in [0.29, 0.717) is 12.5 Å². The average molecular weight is 264 g/mol. The minimum Gasteiger partial charge on any atom is -0.507 e. The molecule has 0 spiro atoms. The smallest absolute Gasteiger partial charge is 0.341 e. The molecule has 0 radical (unpaired) electrons. The molecular formula is C16H24O3. The third-order valence-electron chi connectivity index (χ3n) is 3.37. The fraction of sp³-hybridized carbons (Fsp3) is 0.562. The number of rotatable bonds is 7. The van der Waals surface area contributed by atoms with E-state index in [1.165, 1.54) is 0 Å². The van der Waals surface area contributed by atoms with E-state index >= 15 is 0 Å². The van der Waals surface area contributed by atoms with Crippen molar-refractivity contribution in [3.63, 3.8) is 0 Å². The summed E-state index contributed by atoms with van der Waals surface area (Å²) in [6.45, 7) is 6.57. The van der Waals surface area contributed by atoms with Gasteiger partial charge in [0.15, 0.2) is 0 Å². The van der Waals surface area contributed by atoms with Crippen molar-refractivity contribution in [2.24, 2.45) is 5.92 Å². The van der Waals surface area contributed by atoms with E-state index in [0.717, 1.165) is 31.2 Å². The van der Waals surface area contributed by atoms with Crippen LogP contribution in [-0.4, -0.2) is 17.7 Å². The molecule has 1 unspecified atom stereocenters. The fourth-order valence-corrected chi connectivity index (χ4v) is 1.98. The summed E-state index contributed by atoms with van der Waals surface area (Å²) in [6.07, 6.45) is 4.41. The molecule has 1 atom stereocenters. The summed E-state index contributed by atoms with van der Waals surface area (Å²) in [5.74, 6) is -0.0319. The maximum atomic E-state index is 11.9. The molecule has 0 saturated carbocycles. The molecule has 0 bridgehead atoms. The first-order valence-electron chi connectivity index (χ1n) is 7.05. The van der Waals surface area contributed by atoms with Gasteiger partial charge in [-0.2, -0.15) is 0 Å². The summed E-state index contributed by atoms with van der Waals surface area (Å²) in [7, 11) is 0. The normalized spacial score (nSPS) is 12.2. The second kappa shape index (κ2) is 7.82. The van der Waals surface area contributed by atoms with Gasteiger partial charge in [0.05, 0.1) is 6.61 Å². The summed E-state index contributed by atoms with van der Waals surface area (Å²) < 4.78 is 5.30. The first kappa shape index (κ1) is 15.5. The van der Waals surface area contributed by atoms with Crippen LogP contribution in [0.5, 0.6) is 5.75 Å². The van der Waals surface area contributed by atoms with Crippen molar-refractivity contribution in [3.05, 3.63) is 29.3 Å². The third kappa shape index (κ3) is 4.93. The Bertz CT molecular complexity index is 412. The van der Waals surface area contributed by atoms with Gasteiger partial charge >= 0.3 is 5.97 Å². The van der Waals surface area contributed by atoms with Gasteiger partial charge in [-0.1, -0.05) is 39.2 Å². The van der Waals surface area contributed by atoms with Gasteiger partial charge < -0.3 is 9.84 Å². The SMILES string of the molecule is CCCCC(CC)COC(=O)c1ccc(C)cc1O. The lowest BCUT2D eigenvalue weighted by atomic mass is 10.0. The number of hydrogen-bond donors (Lipinski definition) is 1. The number of unbranched alkanes of at least 4 members (excludes halogenated alkanes) is 1. The van der Waals surface area contributed by atoms with E-state index < -0.39 is 5.97 Å². The molecule has 0 aromatic heterocycles. The lowest BCUT2D eigenvalue weighted by Crippen LogP contribution is -2.14. The largest absolute Gasteiger partial charge is 0.507 e. The number of phenols is 1. The zero-order valence-corrected chi connectivity index (χ0v) is 12.1. The molecule has 0 amide bonds. The Balaban J connectivity index is 2.54. The fourth-order valence-electron chi connectivity index (χ4n) is 1.98. The van der Waals surface area contributed by atoms with E-state index in [-0.39, 0.29) is 11.3 Å². The van der Waals surface area contributed by atoms with Crippen molar-refractivity contribution in [2.75, 3.05) is 6.61 Å². The highest BCUT2D eigenvalue weighted by Gasteiger charge is 2.15. The van der Waals surface area contributed by atoms with Crippen molar-refractivity contribution >= 4 is 5.97 Å². The van der Waals surface area contributed by atoms with Gasteiger partial charge in [-0.25, -0.2) is 4.79 Å². The molecule has 0 heterocycles. The minimum absolute atomic E-state index is 0.00777. The van der Waals surface area contributed by atoms with Crippen LogP contribution >= 0.6 is 0 Å². The van der Waals surface area contributed by atoms with Gasteiger partial charge in [-0.15, -0.1) is 0 Å². The molecule has 1 N–H and O–H groups in total. The second-order valence-corrected chi connectivity index (χ2v) is 5.04. The van der Waals surface area contributed by atoms with Gasteiger partial charge in [0.2, 0.25) is 0 Å². The number of carbonyl (C=O) groups is 1. The first-order valence-corrected chi connectivity index (χ1v) is 7.05. The van der Waals surface area contributed by atoms with E-state index in [1.807, 2.05) is 6.92 Å². The summed E-state index contributed by atoms with van der Waals surface area (Å²) in [5.41, 5.74) is 1.17. The van der Waals surface area contributed by atoms with Crippen molar-refractivity contribution in [3.8, 4) is 5.75 Å². The van der Waals surface area contributed by atoms with Crippen LogP contribution in [0.1, 0.15) is 55.5 Å². The molecule has 0 fully saturated rings. The Morgan fingerprint density at radius 3 is 2.68 bits per heavy atom. The van der Waals surface area contributed by atoms with Gasteiger partial charge in [0, 0.05) is 0 Å². The molecule has 106 valence electrons. The number of aryl methyl sites for hydroxylation is 1. The van der Waals surface area contributed by atoms with Crippen LogP contribution in [0.4, 0.5) is 0 Å². The molecule has 0 aliphatic rings. The van der Waals surface area contributed by atoms with Crippen molar-refractivity contribution < 1.29 is 14.6 Å². The number of aromatic hydroxyl groups is 1. The van der Waals surface area contributed by atoms with Crippen LogP contribution in [0.15, 0.2) is 18.2 Å². The Hall–Kier alpha value is -1.51. The molecule has 0 aliphatic heterocycles. The van der Waals surface area contributed by atoms with Crippen LogP contribution < -0.4 is 0 Å². The Kier molecular flexibility index (Phi) is 6.40. The zero-order chi connectivity index (χ0) is 14.3. The van der Waals surface area contributed by atoms with Gasteiger partial charge in [-0.05, 0) is 37.0 Å². The molecule has 19 heavy (non-hydrogen) atoms. The summed E-state index contributed by atoms with van der Waals surface area (Å²) in [6, 6.07) is 4.98. The van der Waals surface area contributed by atoms with Crippen LogP contribution in [0.2, 0.25) is 0 Å². The molecule has 1 rings (SSSR count). The van der Waals surface area contributed by atoms with Crippen LogP contribution in [0.25, 0.3) is 0 Å². The summed E-state index contributed by atoms with van der Waals surface area (Å²) >= 11 is 0. The van der Waals surface area contributed by atoms with E-state index in [4.69, 9.17) is 4.74 Å². The Morgan fingerprint density at radius 2 is 2.11 bits per heavy atom. The summed E-state index contributed by atoms with van der Waals surface area (Å²) in [5, 5.41) is 9.72. The average Bonchev–Trinajstić information content (AvgIpc) is 2.38. The van der Waals surface area contributed by atoms with Crippen LogP contribution in [-0.2, 0) is 4.74 Å². The predicted molar refractivity (Wildman–Crippen MR) is 76.4 cm³/mol. The van der Waals surface area contributed by atoms with Gasteiger partial charge in [0.25, 0.3) is 0 Å². The number of carbonyl (C=O) groups excluding carboxylic acids is 1. The van der Waals surface area contributed by atoms with E-state index in [9.17, 15) is 9.90 Å². The number of hydrogen-bond acceptors (Lipinski definition) is 3. The maximum Gasteiger partial charge on any atom is 0.341 e. The second-order valence-electron chi connectivity index (χ2n) is 5.04. The highest BCUT2D eigenvalue weighted by atomic mass is 16.5. The Labute approximate surface area is 115 Å². The lowest BCUT2D eigenvalue weighted by Gasteiger charge is -2.15. The van der Waals surface area contributed by atoms with E-state index in [2.05, 4.69) is 13.8 Å². The standard InChI is InChI=1S/C16H24O3/c1-4-6-7-13(5-2)11-19-16(18)14-9-8-12(3)10-15(14)17/h8-10,13,17H,4-7,11H2,1-3H3.